The van der Waals surface area contributed by atoms with Gasteiger partial charge in [0, 0.05) is 12.6 Å². The third-order valence-electron chi connectivity index (χ3n) is 3.09. The molecule has 3 rings (SSSR count). The minimum atomic E-state index is -0.378. The molecular weight excluding hydrogens is 261 g/mol. The van der Waals surface area contributed by atoms with E-state index >= 15 is 0 Å². The quantitative estimate of drug-likeness (QED) is 0.878. The standard InChI is InChI=1S/C14H16FN3O2/c1-9-17-14(20-18-9)8-19-13-5-2-10(6-12(13)15)7-16-11-3-4-11/h2,5-6,11,16H,3-4,7-8H2,1H3. The summed E-state index contributed by atoms with van der Waals surface area (Å²) in [5.41, 5.74) is 0.912. The molecule has 6 heteroatoms. The number of hydrogen-bond donors (Lipinski definition) is 1. The van der Waals surface area contributed by atoms with E-state index in [1.165, 1.54) is 18.9 Å². The van der Waals surface area contributed by atoms with Crippen LogP contribution in [0.4, 0.5) is 4.39 Å². The van der Waals surface area contributed by atoms with Gasteiger partial charge in [-0.25, -0.2) is 4.39 Å². The molecule has 0 aliphatic heterocycles. The number of ether oxygens (including phenoxy) is 1. The summed E-state index contributed by atoms with van der Waals surface area (Å²) in [5, 5.41) is 6.98. The summed E-state index contributed by atoms with van der Waals surface area (Å²) < 4.78 is 24.1. The van der Waals surface area contributed by atoms with Crippen LogP contribution in [-0.4, -0.2) is 16.2 Å². The largest absolute Gasteiger partial charge is 0.481 e. The van der Waals surface area contributed by atoms with Crippen molar-refractivity contribution in [2.45, 2.75) is 39.0 Å². The Labute approximate surface area is 116 Å². The fraction of sp³-hybridized carbons (Fsp3) is 0.429. The van der Waals surface area contributed by atoms with Crippen LogP contribution in [-0.2, 0) is 13.2 Å². The third-order valence-corrected chi connectivity index (χ3v) is 3.09. The van der Waals surface area contributed by atoms with Gasteiger partial charge in [0.15, 0.2) is 24.0 Å². The van der Waals surface area contributed by atoms with Crippen molar-refractivity contribution in [3.05, 3.63) is 41.3 Å². The van der Waals surface area contributed by atoms with Crippen molar-refractivity contribution in [2.24, 2.45) is 0 Å². The van der Waals surface area contributed by atoms with Crippen LogP contribution in [0.15, 0.2) is 22.7 Å². The Hall–Kier alpha value is -1.95. The first-order valence-corrected chi connectivity index (χ1v) is 6.64. The Morgan fingerprint density at radius 1 is 1.45 bits per heavy atom. The van der Waals surface area contributed by atoms with Crippen LogP contribution >= 0.6 is 0 Å². The monoisotopic (exact) mass is 277 g/mol. The van der Waals surface area contributed by atoms with E-state index in [0.717, 1.165) is 5.56 Å². The number of nitrogens with zero attached hydrogens (tertiary/aromatic N) is 2. The molecule has 1 aromatic carbocycles. The first-order chi connectivity index (χ1) is 9.70. The zero-order valence-electron chi connectivity index (χ0n) is 11.2. The average molecular weight is 277 g/mol. The highest BCUT2D eigenvalue weighted by molar-refractivity contribution is 5.29. The molecular formula is C14H16FN3O2. The first-order valence-electron chi connectivity index (χ1n) is 6.64. The number of rotatable bonds is 6. The topological polar surface area (TPSA) is 60.2 Å². The van der Waals surface area contributed by atoms with Crippen LogP contribution in [0.1, 0.15) is 30.1 Å². The highest BCUT2D eigenvalue weighted by atomic mass is 19.1. The Bertz CT molecular complexity index is 596. The SMILES string of the molecule is Cc1noc(COc2ccc(CNC3CC3)cc2F)n1. The lowest BCUT2D eigenvalue weighted by Crippen LogP contribution is -2.15. The van der Waals surface area contributed by atoms with Crippen molar-refractivity contribution in [1.29, 1.82) is 0 Å². The smallest absolute Gasteiger partial charge is 0.264 e. The maximum atomic E-state index is 13.9. The van der Waals surface area contributed by atoms with E-state index in [0.29, 0.717) is 24.3 Å². The molecule has 2 aromatic rings. The van der Waals surface area contributed by atoms with Crippen LogP contribution in [0.25, 0.3) is 0 Å². The normalized spacial score (nSPS) is 14.5. The van der Waals surface area contributed by atoms with Gasteiger partial charge in [0.25, 0.3) is 5.89 Å². The van der Waals surface area contributed by atoms with Crippen molar-refractivity contribution in [3.63, 3.8) is 0 Å². The average Bonchev–Trinajstić information content (AvgIpc) is 3.17. The molecule has 0 spiro atoms. The summed E-state index contributed by atoms with van der Waals surface area (Å²) in [6.45, 7) is 2.47. The van der Waals surface area contributed by atoms with Gasteiger partial charge >= 0.3 is 0 Å². The number of nitrogens with one attached hydrogen (secondary N) is 1. The molecule has 0 saturated heterocycles. The molecule has 0 radical (unpaired) electrons. The molecule has 0 bridgehead atoms. The Morgan fingerprint density at radius 3 is 2.95 bits per heavy atom. The maximum Gasteiger partial charge on any atom is 0.264 e. The zero-order chi connectivity index (χ0) is 13.9. The first kappa shape index (κ1) is 13.1. The molecule has 1 aliphatic carbocycles. The number of aryl methyl sites for hydroxylation is 1. The summed E-state index contributed by atoms with van der Waals surface area (Å²) in [4.78, 5) is 3.99. The molecule has 1 saturated carbocycles. The van der Waals surface area contributed by atoms with Crippen LogP contribution in [0.3, 0.4) is 0 Å². The van der Waals surface area contributed by atoms with E-state index in [4.69, 9.17) is 9.26 Å². The second-order valence-electron chi connectivity index (χ2n) is 4.94. The van der Waals surface area contributed by atoms with E-state index in [1.54, 1.807) is 13.0 Å². The van der Waals surface area contributed by atoms with E-state index in [-0.39, 0.29) is 18.2 Å². The Kier molecular flexibility index (Phi) is 3.64. The van der Waals surface area contributed by atoms with Crippen molar-refractivity contribution in [3.8, 4) is 5.75 Å². The van der Waals surface area contributed by atoms with Crippen molar-refractivity contribution in [2.75, 3.05) is 0 Å². The number of halogens is 1. The van der Waals surface area contributed by atoms with E-state index < -0.39 is 0 Å². The lowest BCUT2D eigenvalue weighted by molar-refractivity contribution is 0.234. The van der Waals surface area contributed by atoms with Crippen LogP contribution in [0.2, 0.25) is 0 Å². The molecule has 0 unspecified atom stereocenters. The van der Waals surface area contributed by atoms with Gasteiger partial charge < -0.3 is 14.6 Å². The fourth-order valence-electron chi connectivity index (χ4n) is 1.86. The van der Waals surface area contributed by atoms with Crippen molar-refractivity contribution < 1.29 is 13.7 Å². The Balaban J connectivity index is 1.58. The minimum absolute atomic E-state index is 0.0669. The molecule has 0 atom stereocenters. The highest BCUT2D eigenvalue weighted by Crippen LogP contribution is 2.22. The van der Waals surface area contributed by atoms with Gasteiger partial charge in [0.05, 0.1) is 0 Å². The molecule has 1 fully saturated rings. The van der Waals surface area contributed by atoms with E-state index in [2.05, 4.69) is 15.5 Å². The summed E-state index contributed by atoms with van der Waals surface area (Å²) in [5.74, 6) is 0.680. The van der Waals surface area contributed by atoms with Gasteiger partial charge in [0.1, 0.15) is 0 Å². The molecule has 106 valence electrons. The predicted octanol–water partition coefficient (Wildman–Crippen LogP) is 2.35. The van der Waals surface area contributed by atoms with Gasteiger partial charge in [0.2, 0.25) is 0 Å². The van der Waals surface area contributed by atoms with E-state index in [1.807, 2.05) is 6.07 Å². The van der Waals surface area contributed by atoms with Crippen LogP contribution < -0.4 is 10.1 Å². The van der Waals surface area contributed by atoms with E-state index in [9.17, 15) is 4.39 Å². The second-order valence-corrected chi connectivity index (χ2v) is 4.94. The second kappa shape index (κ2) is 5.58. The number of benzene rings is 1. The zero-order valence-corrected chi connectivity index (χ0v) is 11.2. The fourth-order valence-corrected chi connectivity index (χ4v) is 1.86. The van der Waals surface area contributed by atoms with Crippen LogP contribution in [0.5, 0.6) is 5.75 Å². The minimum Gasteiger partial charge on any atom is -0.481 e. The molecule has 1 aliphatic rings. The van der Waals surface area contributed by atoms with Gasteiger partial charge in [-0.15, -0.1) is 0 Å². The summed E-state index contributed by atoms with van der Waals surface area (Å²) >= 11 is 0. The van der Waals surface area contributed by atoms with Gasteiger partial charge in [-0.2, -0.15) is 4.98 Å². The molecule has 1 heterocycles. The van der Waals surface area contributed by atoms with Crippen molar-refractivity contribution in [1.82, 2.24) is 15.5 Å². The number of aromatic nitrogens is 2. The molecule has 1 N–H and O–H groups in total. The molecule has 5 nitrogen and oxygen atoms in total. The molecule has 1 aromatic heterocycles. The summed E-state index contributed by atoms with van der Waals surface area (Å²) in [6, 6.07) is 5.58. The van der Waals surface area contributed by atoms with Gasteiger partial charge in [-0.1, -0.05) is 11.2 Å². The van der Waals surface area contributed by atoms with Gasteiger partial charge in [-0.05, 0) is 37.5 Å². The predicted molar refractivity (Wildman–Crippen MR) is 69.6 cm³/mol. The lowest BCUT2D eigenvalue weighted by Gasteiger charge is -2.07. The number of hydrogen-bond acceptors (Lipinski definition) is 5. The van der Waals surface area contributed by atoms with Crippen molar-refractivity contribution >= 4 is 0 Å². The molecule has 20 heavy (non-hydrogen) atoms. The molecule has 0 amide bonds. The van der Waals surface area contributed by atoms with Crippen LogP contribution in [0, 0.1) is 12.7 Å². The highest BCUT2D eigenvalue weighted by Gasteiger charge is 2.20. The summed E-state index contributed by atoms with van der Waals surface area (Å²) in [6.07, 6.45) is 2.43. The lowest BCUT2D eigenvalue weighted by atomic mass is 10.2. The third kappa shape index (κ3) is 3.33. The Morgan fingerprint density at radius 2 is 2.30 bits per heavy atom. The summed E-state index contributed by atoms with van der Waals surface area (Å²) in [7, 11) is 0. The maximum absolute atomic E-state index is 13.9. The van der Waals surface area contributed by atoms with Gasteiger partial charge in [-0.3, -0.25) is 0 Å².